The Bertz CT molecular complexity index is 942. The molecule has 0 fully saturated rings. The first-order valence-corrected chi connectivity index (χ1v) is 9.57. The summed E-state index contributed by atoms with van der Waals surface area (Å²) in [6.45, 7) is 4.24. The van der Waals surface area contributed by atoms with Crippen molar-refractivity contribution in [1.82, 2.24) is 19.7 Å². The van der Waals surface area contributed by atoms with E-state index < -0.39 is 0 Å². The maximum atomic E-state index is 12.2. The minimum Gasteiger partial charge on any atom is -0.446 e. The first kappa shape index (κ1) is 18.7. The smallest absolute Gasteiger partial charge is 0.234 e. The molecule has 0 atom stereocenters. The fourth-order valence-electron chi connectivity index (χ4n) is 2.10. The minimum atomic E-state index is -0.222. The third kappa shape index (κ3) is 4.35. The van der Waals surface area contributed by atoms with Crippen LogP contribution < -0.4 is 5.32 Å². The number of rotatable bonds is 7. The van der Waals surface area contributed by atoms with Crippen LogP contribution in [0.3, 0.4) is 0 Å². The normalized spacial score (nSPS) is 10.7. The molecule has 3 aromatic rings. The summed E-state index contributed by atoms with van der Waals surface area (Å²) in [5, 5.41) is 11.9. The van der Waals surface area contributed by atoms with Crippen molar-refractivity contribution in [3.63, 3.8) is 0 Å². The van der Waals surface area contributed by atoms with Crippen molar-refractivity contribution in [2.45, 2.75) is 11.7 Å². The Labute approximate surface area is 167 Å². The van der Waals surface area contributed by atoms with Gasteiger partial charge in [0.05, 0.1) is 11.4 Å². The summed E-state index contributed by atoms with van der Waals surface area (Å²) in [6, 6.07) is 6.95. The van der Waals surface area contributed by atoms with E-state index in [0.717, 1.165) is 0 Å². The monoisotopic (exact) mass is 453 g/mol. The van der Waals surface area contributed by atoms with Crippen LogP contribution in [0.1, 0.15) is 0 Å². The highest BCUT2D eigenvalue weighted by Gasteiger charge is 2.17. The van der Waals surface area contributed by atoms with Gasteiger partial charge >= 0.3 is 0 Å². The number of furan rings is 1. The summed E-state index contributed by atoms with van der Waals surface area (Å²) < 4.78 is 7.96. The van der Waals surface area contributed by atoms with E-state index in [0.29, 0.717) is 33.6 Å². The Morgan fingerprint density at radius 2 is 2.27 bits per heavy atom. The van der Waals surface area contributed by atoms with E-state index in [1.807, 2.05) is 4.57 Å². The molecule has 3 rings (SSSR count). The SMILES string of the molecule is C=CCn1c(SCC(=O)Nc2cccnc2Cl)nnc1-c1ccc(Br)o1. The van der Waals surface area contributed by atoms with Crippen LogP contribution in [0.5, 0.6) is 0 Å². The summed E-state index contributed by atoms with van der Waals surface area (Å²) in [6.07, 6.45) is 3.28. The molecule has 0 unspecified atom stereocenters. The lowest BCUT2D eigenvalue weighted by atomic mass is 10.4. The number of halogens is 2. The standard InChI is InChI=1S/C16H13BrClN5O2S/c1-2-8-23-15(11-5-6-12(17)25-11)21-22-16(23)26-9-13(24)20-10-4-3-7-19-14(10)18/h2-7H,1,8-9H2,(H,20,24). The van der Waals surface area contributed by atoms with Crippen molar-refractivity contribution < 1.29 is 9.21 Å². The second kappa shape index (κ2) is 8.52. The molecule has 0 bridgehead atoms. The second-order valence-corrected chi connectivity index (χ2v) is 7.07. The number of aromatic nitrogens is 4. The van der Waals surface area contributed by atoms with Gasteiger partial charge in [-0.05, 0) is 40.2 Å². The Hall–Kier alpha value is -2.10. The minimum absolute atomic E-state index is 0.141. The first-order valence-electron chi connectivity index (χ1n) is 7.41. The molecule has 10 heteroatoms. The van der Waals surface area contributed by atoms with Gasteiger partial charge in [0.1, 0.15) is 0 Å². The van der Waals surface area contributed by atoms with Gasteiger partial charge in [-0.2, -0.15) is 0 Å². The van der Waals surface area contributed by atoms with Crippen molar-refractivity contribution in [3.05, 3.63) is 52.9 Å². The van der Waals surface area contributed by atoms with Crippen molar-refractivity contribution in [3.8, 4) is 11.6 Å². The predicted molar refractivity (Wildman–Crippen MR) is 104 cm³/mol. The highest BCUT2D eigenvalue weighted by atomic mass is 79.9. The molecule has 1 amide bonds. The molecule has 0 saturated carbocycles. The van der Waals surface area contributed by atoms with Gasteiger partial charge in [-0.1, -0.05) is 29.4 Å². The number of carbonyl (C=O) groups is 1. The predicted octanol–water partition coefficient (Wildman–Crippen LogP) is 4.27. The van der Waals surface area contributed by atoms with E-state index in [1.54, 1.807) is 36.5 Å². The van der Waals surface area contributed by atoms with Gasteiger partial charge in [0, 0.05) is 12.7 Å². The average Bonchev–Trinajstić information content (AvgIpc) is 3.22. The summed E-state index contributed by atoms with van der Waals surface area (Å²) >= 11 is 10.5. The first-order chi connectivity index (χ1) is 12.6. The molecule has 0 radical (unpaired) electrons. The van der Waals surface area contributed by atoms with Crippen LogP contribution in [-0.2, 0) is 11.3 Å². The number of allylic oxidation sites excluding steroid dienone is 1. The van der Waals surface area contributed by atoms with Crippen LogP contribution in [0.4, 0.5) is 5.69 Å². The number of nitrogens with zero attached hydrogens (tertiary/aromatic N) is 4. The molecule has 0 aliphatic heterocycles. The van der Waals surface area contributed by atoms with Gasteiger partial charge in [-0.15, -0.1) is 16.8 Å². The Kier molecular flexibility index (Phi) is 6.12. The molecular weight excluding hydrogens is 442 g/mol. The average molecular weight is 455 g/mol. The van der Waals surface area contributed by atoms with Gasteiger partial charge in [-0.3, -0.25) is 9.36 Å². The number of amides is 1. The third-order valence-corrected chi connectivity index (χ3v) is 4.88. The van der Waals surface area contributed by atoms with Gasteiger partial charge in [0.25, 0.3) is 0 Å². The van der Waals surface area contributed by atoms with E-state index in [4.69, 9.17) is 16.0 Å². The van der Waals surface area contributed by atoms with E-state index in [2.05, 4.69) is 43.0 Å². The van der Waals surface area contributed by atoms with Crippen molar-refractivity contribution in [2.75, 3.05) is 11.1 Å². The quantitative estimate of drug-likeness (QED) is 0.326. The molecular formula is C16H13BrClN5O2S. The number of thioether (sulfide) groups is 1. The summed E-state index contributed by atoms with van der Waals surface area (Å²) in [7, 11) is 0. The van der Waals surface area contributed by atoms with Gasteiger partial charge < -0.3 is 9.73 Å². The summed E-state index contributed by atoms with van der Waals surface area (Å²) in [5.41, 5.74) is 0.466. The zero-order chi connectivity index (χ0) is 18.5. The molecule has 3 aromatic heterocycles. The van der Waals surface area contributed by atoms with Crippen LogP contribution >= 0.6 is 39.3 Å². The largest absolute Gasteiger partial charge is 0.446 e. The number of nitrogens with one attached hydrogen (secondary N) is 1. The van der Waals surface area contributed by atoms with Gasteiger partial charge in [0.2, 0.25) is 11.7 Å². The molecule has 0 aliphatic rings. The highest BCUT2D eigenvalue weighted by Crippen LogP contribution is 2.27. The van der Waals surface area contributed by atoms with Crippen LogP contribution in [0.25, 0.3) is 11.6 Å². The summed E-state index contributed by atoms with van der Waals surface area (Å²) in [4.78, 5) is 16.1. The number of hydrogen-bond acceptors (Lipinski definition) is 6. The maximum absolute atomic E-state index is 12.2. The lowest BCUT2D eigenvalue weighted by Gasteiger charge is -2.07. The fourth-order valence-corrected chi connectivity index (χ4v) is 3.32. The van der Waals surface area contributed by atoms with E-state index in [1.165, 1.54) is 11.8 Å². The van der Waals surface area contributed by atoms with E-state index in [-0.39, 0.29) is 16.8 Å². The van der Waals surface area contributed by atoms with Crippen molar-refractivity contribution in [1.29, 1.82) is 0 Å². The molecule has 0 spiro atoms. The van der Waals surface area contributed by atoms with Crippen LogP contribution in [-0.4, -0.2) is 31.4 Å². The Morgan fingerprint density at radius 1 is 1.42 bits per heavy atom. The lowest BCUT2D eigenvalue weighted by molar-refractivity contribution is -0.113. The molecule has 7 nitrogen and oxygen atoms in total. The Balaban J connectivity index is 1.71. The zero-order valence-electron chi connectivity index (χ0n) is 13.4. The summed E-state index contributed by atoms with van der Waals surface area (Å²) in [5.74, 6) is 1.06. The lowest BCUT2D eigenvalue weighted by Crippen LogP contribution is -2.15. The molecule has 26 heavy (non-hydrogen) atoms. The van der Waals surface area contributed by atoms with Gasteiger partial charge in [-0.25, -0.2) is 4.98 Å². The van der Waals surface area contributed by atoms with E-state index in [9.17, 15) is 4.79 Å². The van der Waals surface area contributed by atoms with Crippen LogP contribution in [0.15, 0.2) is 57.4 Å². The van der Waals surface area contributed by atoms with Gasteiger partial charge in [0.15, 0.2) is 20.7 Å². The topological polar surface area (TPSA) is 85.8 Å². The molecule has 0 aliphatic carbocycles. The maximum Gasteiger partial charge on any atom is 0.234 e. The van der Waals surface area contributed by atoms with Crippen molar-refractivity contribution >= 4 is 50.9 Å². The molecule has 0 aromatic carbocycles. The number of hydrogen-bond donors (Lipinski definition) is 1. The molecule has 1 N–H and O–H groups in total. The molecule has 0 saturated heterocycles. The molecule has 3 heterocycles. The van der Waals surface area contributed by atoms with Crippen molar-refractivity contribution in [2.24, 2.45) is 0 Å². The number of pyridine rings is 1. The Morgan fingerprint density at radius 3 is 2.96 bits per heavy atom. The second-order valence-electron chi connectivity index (χ2n) is 4.99. The highest BCUT2D eigenvalue weighted by molar-refractivity contribution is 9.10. The molecule has 134 valence electrons. The van der Waals surface area contributed by atoms with Crippen LogP contribution in [0, 0.1) is 0 Å². The third-order valence-electron chi connectivity index (χ3n) is 3.19. The zero-order valence-corrected chi connectivity index (χ0v) is 16.5. The fraction of sp³-hybridized carbons (Fsp3) is 0.125. The number of carbonyl (C=O) groups excluding carboxylic acids is 1. The van der Waals surface area contributed by atoms with E-state index >= 15 is 0 Å². The van der Waals surface area contributed by atoms with Crippen LogP contribution in [0.2, 0.25) is 5.15 Å². The number of anilines is 1.